The van der Waals surface area contributed by atoms with Crippen LogP contribution in [0, 0.1) is 6.92 Å². The minimum Gasteiger partial charge on any atom is -0.283 e. The van der Waals surface area contributed by atoms with E-state index in [1.807, 2.05) is 71.9 Å². The first-order chi connectivity index (χ1) is 19.1. The Morgan fingerprint density at radius 2 is 1.46 bits per heavy atom. The zero-order chi connectivity index (χ0) is 26.8. The lowest BCUT2D eigenvalue weighted by Gasteiger charge is -2.23. The molecule has 0 atom stereocenters. The van der Waals surface area contributed by atoms with Crippen molar-refractivity contribution < 1.29 is 0 Å². The molecule has 0 bridgehead atoms. The summed E-state index contributed by atoms with van der Waals surface area (Å²) < 4.78 is 5.47. The second-order valence-corrected chi connectivity index (χ2v) is 10.8. The van der Waals surface area contributed by atoms with E-state index < -0.39 is 0 Å². The number of rotatable bonds is 5. The Bertz CT molecular complexity index is 1730. The van der Waals surface area contributed by atoms with E-state index in [2.05, 4.69) is 47.8 Å². The highest BCUT2D eigenvalue weighted by Crippen LogP contribution is 2.32. The molecule has 196 valence electrons. The van der Waals surface area contributed by atoms with Gasteiger partial charge in [0.25, 0.3) is 5.56 Å². The minimum absolute atomic E-state index is 0.140. The molecule has 1 saturated carbocycles. The van der Waals surface area contributed by atoms with Crippen molar-refractivity contribution in [2.45, 2.75) is 38.5 Å². The zero-order valence-electron chi connectivity index (χ0n) is 22.2. The lowest BCUT2D eigenvalue weighted by Crippen LogP contribution is -2.20. The second-order valence-electron chi connectivity index (χ2n) is 9.95. The van der Waals surface area contributed by atoms with Crippen molar-refractivity contribution in [2.75, 3.05) is 0 Å². The van der Waals surface area contributed by atoms with Crippen LogP contribution in [0.4, 0.5) is 5.69 Å². The summed E-state index contributed by atoms with van der Waals surface area (Å²) in [6.45, 7) is 1.94. The molecule has 1 aliphatic carbocycles. The number of hydrogen-bond donors (Lipinski definition) is 0. The van der Waals surface area contributed by atoms with Gasteiger partial charge in [-0.3, -0.25) is 9.48 Å². The van der Waals surface area contributed by atoms with Gasteiger partial charge in [-0.05, 0) is 56.2 Å². The highest BCUT2D eigenvalue weighted by atomic mass is 32.1. The molecule has 1 fully saturated rings. The second kappa shape index (κ2) is 10.9. The third kappa shape index (κ3) is 4.98. The summed E-state index contributed by atoms with van der Waals surface area (Å²) in [7, 11) is 1.89. The van der Waals surface area contributed by atoms with E-state index in [-0.39, 0.29) is 5.56 Å². The molecule has 0 radical (unpaired) electrons. The molecule has 6 nitrogen and oxygen atoms in total. The SMILES string of the molecule is Cc1c(N=c2scc(-c3ccccc3)n2N=C2CCC(c3ccccc3)CC2)c(=O)n(-c2ccccc2)n1C. The van der Waals surface area contributed by atoms with E-state index in [1.165, 1.54) is 22.6 Å². The van der Waals surface area contributed by atoms with Gasteiger partial charge < -0.3 is 0 Å². The van der Waals surface area contributed by atoms with Gasteiger partial charge >= 0.3 is 0 Å². The monoisotopic (exact) mass is 533 g/mol. The summed E-state index contributed by atoms with van der Waals surface area (Å²) in [4.78, 5) is 19.2. The fourth-order valence-electron chi connectivity index (χ4n) is 5.31. The number of aromatic nitrogens is 3. The maximum absolute atomic E-state index is 13.6. The first-order valence-electron chi connectivity index (χ1n) is 13.4. The summed E-state index contributed by atoms with van der Waals surface area (Å²) in [6.07, 6.45) is 4.06. The lowest BCUT2D eigenvalue weighted by molar-refractivity contribution is 0.562. The number of thiazole rings is 1. The van der Waals surface area contributed by atoms with Gasteiger partial charge in [0.05, 0.1) is 17.1 Å². The lowest BCUT2D eigenvalue weighted by atomic mass is 9.83. The molecular weight excluding hydrogens is 502 g/mol. The normalized spacial score (nSPS) is 16.0. The van der Waals surface area contributed by atoms with Gasteiger partial charge in [0.15, 0.2) is 5.69 Å². The number of hydrogen-bond acceptors (Lipinski definition) is 4. The average Bonchev–Trinajstić information content (AvgIpc) is 3.48. The Kier molecular flexibility index (Phi) is 6.99. The highest BCUT2D eigenvalue weighted by molar-refractivity contribution is 7.07. The zero-order valence-corrected chi connectivity index (χ0v) is 23.0. The van der Waals surface area contributed by atoms with Crippen LogP contribution in [0.3, 0.4) is 0 Å². The Morgan fingerprint density at radius 3 is 2.13 bits per heavy atom. The van der Waals surface area contributed by atoms with Gasteiger partial charge in [-0.15, -0.1) is 11.3 Å². The fraction of sp³-hybridized carbons (Fsp3) is 0.219. The van der Waals surface area contributed by atoms with E-state index >= 15 is 0 Å². The maximum Gasteiger partial charge on any atom is 0.297 e. The Morgan fingerprint density at radius 1 is 0.846 bits per heavy atom. The molecule has 0 spiro atoms. The van der Waals surface area contributed by atoms with E-state index in [9.17, 15) is 4.79 Å². The van der Waals surface area contributed by atoms with Gasteiger partial charge in [-0.25, -0.2) is 14.4 Å². The number of nitrogens with zero attached hydrogens (tertiary/aromatic N) is 5. The smallest absolute Gasteiger partial charge is 0.283 e. The van der Waals surface area contributed by atoms with Crippen molar-refractivity contribution in [1.29, 1.82) is 0 Å². The van der Waals surface area contributed by atoms with Gasteiger partial charge in [0.2, 0.25) is 4.80 Å². The Hall–Kier alpha value is -4.23. The molecule has 0 unspecified atom stereocenters. The average molecular weight is 534 g/mol. The summed E-state index contributed by atoms with van der Waals surface area (Å²) in [5.74, 6) is 0.568. The molecule has 0 saturated heterocycles. The van der Waals surface area contributed by atoms with Crippen LogP contribution < -0.4 is 10.4 Å². The maximum atomic E-state index is 13.6. The van der Waals surface area contributed by atoms with Crippen LogP contribution in [0.25, 0.3) is 16.9 Å². The Balaban J connectivity index is 1.42. The van der Waals surface area contributed by atoms with Crippen LogP contribution in [0.5, 0.6) is 0 Å². The van der Waals surface area contributed by atoms with Crippen molar-refractivity contribution in [1.82, 2.24) is 14.0 Å². The largest absolute Gasteiger partial charge is 0.297 e. The van der Waals surface area contributed by atoms with Crippen molar-refractivity contribution in [3.63, 3.8) is 0 Å². The molecule has 1 aliphatic rings. The first-order valence-corrected chi connectivity index (χ1v) is 14.2. The van der Waals surface area contributed by atoms with Crippen LogP contribution >= 0.6 is 11.3 Å². The molecule has 2 aromatic heterocycles. The molecule has 6 rings (SSSR count). The van der Waals surface area contributed by atoms with Crippen molar-refractivity contribution in [2.24, 2.45) is 17.1 Å². The number of para-hydroxylation sites is 1. The third-order valence-corrected chi connectivity index (χ3v) is 8.38. The van der Waals surface area contributed by atoms with Gasteiger partial charge in [-0.2, -0.15) is 5.10 Å². The van der Waals surface area contributed by atoms with E-state index in [1.54, 1.807) is 4.68 Å². The topological polar surface area (TPSA) is 56.6 Å². The molecule has 5 aromatic rings. The molecule has 2 heterocycles. The van der Waals surface area contributed by atoms with Gasteiger partial charge in [0, 0.05) is 23.7 Å². The van der Waals surface area contributed by atoms with Crippen LogP contribution in [-0.4, -0.2) is 19.8 Å². The van der Waals surface area contributed by atoms with Crippen molar-refractivity contribution >= 4 is 22.7 Å². The summed E-state index contributed by atoms with van der Waals surface area (Å²) in [6, 6.07) is 30.7. The van der Waals surface area contributed by atoms with Gasteiger partial charge in [-0.1, -0.05) is 78.9 Å². The summed E-state index contributed by atoms with van der Waals surface area (Å²) in [5.41, 5.74) is 6.55. The van der Waals surface area contributed by atoms with E-state index in [4.69, 9.17) is 10.1 Å². The molecule has 0 amide bonds. The summed E-state index contributed by atoms with van der Waals surface area (Å²) >= 11 is 1.51. The Labute approximate surface area is 231 Å². The quantitative estimate of drug-likeness (QED) is 0.245. The fourth-order valence-corrected chi connectivity index (χ4v) is 6.15. The third-order valence-electron chi connectivity index (χ3n) is 7.56. The van der Waals surface area contributed by atoms with Crippen LogP contribution in [0.2, 0.25) is 0 Å². The standard InChI is InChI=1S/C32H31N5OS/c1-23-30(31(38)37(35(23)2)28-16-10-5-11-17-28)33-32-36(29(22-39-32)26-14-8-4-9-15-26)34-27-20-18-25(19-21-27)24-12-6-3-7-13-24/h3-17,22,25H,18-21H2,1-2H3. The predicted octanol–water partition coefficient (Wildman–Crippen LogP) is 6.81. The molecule has 7 heteroatoms. The van der Waals surface area contributed by atoms with Crippen LogP contribution in [0.15, 0.2) is 111 Å². The molecule has 39 heavy (non-hydrogen) atoms. The first kappa shape index (κ1) is 25.1. The highest BCUT2D eigenvalue weighted by Gasteiger charge is 2.21. The van der Waals surface area contributed by atoms with Gasteiger partial charge in [0.1, 0.15) is 0 Å². The van der Waals surface area contributed by atoms with Crippen LogP contribution in [0.1, 0.15) is 42.9 Å². The molecule has 0 aliphatic heterocycles. The minimum atomic E-state index is -0.140. The molecule has 3 aromatic carbocycles. The molecule has 0 N–H and O–H groups in total. The van der Waals surface area contributed by atoms with E-state index in [0.29, 0.717) is 16.4 Å². The van der Waals surface area contributed by atoms with E-state index in [0.717, 1.165) is 48.3 Å². The van der Waals surface area contributed by atoms with Crippen molar-refractivity contribution in [3.05, 3.63) is 123 Å². The molecular formula is C32H31N5OS. The summed E-state index contributed by atoms with van der Waals surface area (Å²) in [5, 5.41) is 7.24. The van der Waals surface area contributed by atoms with Crippen molar-refractivity contribution in [3.8, 4) is 16.9 Å². The number of benzene rings is 3. The predicted molar refractivity (Wildman–Crippen MR) is 159 cm³/mol. The van der Waals surface area contributed by atoms with Crippen LogP contribution in [-0.2, 0) is 7.05 Å².